The zero-order chi connectivity index (χ0) is 12.0. The second-order valence-electron chi connectivity index (χ2n) is 3.24. The lowest BCUT2D eigenvalue weighted by molar-refractivity contribution is -0.628. The third kappa shape index (κ3) is 1.03. The minimum absolute atomic E-state index is 0.124. The van der Waals surface area contributed by atoms with Gasteiger partial charge in [-0.1, -0.05) is 0 Å². The van der Waals surface area contributed by atoms with Gasteiger partial charge < -0.3 is 32.7 Å². The predicted octanol–water partition coefficient (Wildman–Crippen LogP) is -1.44. The summed E-state index contributed by atoms with van der Waals surface area (Å²) in [4.78, 5) is 0. The molecule has 8 heteroatoms. The fourth-order valence-corrected chi connectivity index (χ4v) is 1.47. The summed E-state index contributed by atoms with van der Waals surface area (Å²) in [6.45, 7) is 0. The van der Waals surface area contributed by atoms with Crippen molar-refractivity contribution in [3.05, 3.63) is 22.8 Å². The van der Waals surface area contributed by atoms with E-state index in [1.54, 1.807) is 0 Å². The number of nitrogen functional groups attached to an aromatic ring is 3. The van der Waals surface area contributed by atoms with E-state index >= 15 is 0 Å². The highest BCUT2D eigenvalue weighted by atomic mass is 16.5. The lowest BCUT2D eigenvalue weighted by Gasteiger charge is -2.10. The molecule has 8 nitrogen and oxygen atoms in total. The van der Waals surface area contributed by atoms with E-state index in [0.29, 0.717) is 9.46 Å². The van der Waals surface area contributed by atoms with Gasteiger partial charge in [0.25, 0.3) is 0 Å². The van der Waals surface area contributed by atoms with Crippen LogP contribution in [-0.2, 0) is 0 Å². The van der Waals surface area contributed by atoms with Crippen molar-refractivity contribution in [2.45, 2.75) is 0 Å². The zero-order valence-corrected chi connectivity index (χ0v) is 8.04. The first-order valence-corrected chi connectivity index (χ1v) is 4.25. The fourth-order valence-electron chi connectivity index (χ4n) is 1.47. The first-order chi connectivity index (χ1) is 7.45. The number of phenolic OH excluding ortho intramolecular Hbond substituents is 1. The zero-order valence-electron chi connectivity index (χ0n) is 8.04. The molecule has 0 atom stereocenters. The number of hydrogen-bond donors (Lipinski definition) is 4. The van der Waals surface area contributed by atoms with Gasteiger partial charge in [0, 0.05) is 0 Å². The lowest BCUT2D eigenvalue weighted by Crippen LogP contribution is -2.37. The Morgan fingerprint density at radius 3 is 1.94 bits per heavy atom. The molecule has 1 aromatic heterocycles. The van der Waals surface area contributed by atoms with Gasteiger partial charge in [-0.2, -0.15) is 9.46 Å². The molecule has 0 aliphatic rings. The summed E-state index contributed by atoms with van der Waals surface area (Å²) in [5, 5.41) is 32.5. The third-order valence-corrected chi connectivity index (χ3v) is 2.32. The van der Waals surface area contributed by atoms with Gasteiger partial charge in [0.15, 0.2) is 0 Å². The molecular formula is C8H9N5O3. The summed E-state index contributed by atoms with van der Waals surface area (Å²) in [5.41, 5.74) is 15.5. The molecule has 0 saturated heterocycles. The van der Waals surface area contributed by atoms with E-state index in [1.807, 2.05) is 0 Å². The SMILES string of the molecule is Nc1c(N)c(O)c2c(c1N)[n+]([O-])cc[n+]2[O-]. The summed E-state index contributed by atoms with van der Waals surface area (Å²) in [7, 11) is 0. The minimum atomic E-state index is -0.554. The summed E-state index contributed by atoms with van der Waals surface area (Å²) in [6, 6.07) is 0. The maximum absolute atomic E-state index is 11.4. The molecule has 0 aliphatic heterocycles. The van der Waals surface area contributed by atoms with Gasteiger partial charge in [0.05, 0.1) is 5.69 Å². The van der Waals surface area contributed by atoms with Gasteiger partial charge in [0.1, 0.15) is 11.4 Å². The lowest BCUT2D eigenvalue weighted by atomic mass is 10.1. The van der Waals surface area contributed by atoms with Gasteiger partial charge in [-0.15, -0.1) is 0 Å². The molecule has 0 fully saturated rings. The Morgan fingerprint density at radius 1 is 0.875 bits per heavy atom. The summed E-state index contributed by atoms with van der Waals surface area (Å²) in [5.74, 6) is -0.554. The van der Waals surface area contributed by atoms with E-state index in [9.17, 15) is 15.5 Å². The molecule has 0 spiro atoms. The van der Waals surface area contributed by atoms with Crippen molar-refractivity contribution in [1.29, 1.82) is 0 Å². The molecule has 1 heterocycles. The molecule has 2 aromatic rings. The van der Waals surface area contributed by atoms with Crippen LogP contribution in [-0.4, -0.2) is 5.11 Å². The maximum Gasteiger partial charge on any atom is 0.336 e. The molecule has 1 aromatic carbocycles. The molecule has 0 radical (unpaired) electrons. The monoisotopic (exact) mass is 223 g/mol. The first kappa shape index (κ1) is 9.90. The van der Waals surface area contributed by atoms with Crippen LogP contribution >= 0.6 is 0 Å². The van der Waals surface area contributed by atoms with Gasteiger partial charge in [-0.05, 0) is 0 Å². The molecule has 0 bridgehead atoms. The molecule has 84 valence electrons. The van der Waals surface area contributed by atoms with Crippen LogP contribution in [0, 0.1) is 10.4 Å². The Bertz CT molecular complexity index is 546. The van der Waals surface area contributed by atoms with Gasteiger partial charge >= 0.3 is 11.0 Å². The van der Waals surface area contributed by atoms with Gasteiger partial charge in [-0.25, -0.2) is 0 Å². The molecule has 0 unspecified atom stereocenters. The summed E-state index contributed by atoms with van der Waals surface area (Å²) < 4.78 is 0.639. The summed E-state index contributed by atoms with van der Waals surface area (Å²) >= 11 is 0. The average Bonchev–Trinajstić information content (AvgIpc) is 2.26. The first-order valence-electron chi connectivity index (χ1n) is 4.25. The van der Waals surface area contributed by atoms with Crippen molar-refractivity contribution in [2.24, 2.45) is 0 Å². The maximum atomic E-state index is 11.4. The quantitative estimate of drug-likeness (QED) is 0.141. The van der Waals surface area contributed by atoms with Crippen molar-refractivity contribution in [1.82, 2.24) is 0 Å². The summed E-state index contributed by atoms with van der Waals surface area (Å²) in [6.07, 6.45) is 1.89. The van der Waals surface area contributed by atoms with E-state index in [0.717, 1.165) is 12.4 Å². The molecule has 16 heavy (non-hydrogen) atoms. The molecular weight excluding hydrogens is 214 g/mol. The van der Waals surface area contributed by atoms with Gasteiger partial charge in [-0.3, -0.25) is 0 Å². The Morgan fingerprint density at radius 2 is 1.38 bits per heavy atom. The second kappa shape index (κ2) is 2.92. The van der Waals surface area contributed by atoms with Crippen LogP contribution in [0.4, 0.5) is 17.1 Å². The molecule has 0 amide bonds. The molecule has 2 rings (SSSR count). The largest absolute Gasteiger partial charge is 0.618 e. The predicted molar refractivity (Wildman–Crippen MR) is 56.8 cm³/mol. The van der Waals surface area contributed by atoms with E-state index < -0.39 is 5.75 Å². The van der Waals surface area contributed by atoms with Crippen molar-refractivity contribution in [2.75, 3.05) is 17.2 Å². The van der Waals surface area contributed by atoms with Crippen molar-refractivity contribution in [3.63, 3.8) is 0 Å². The highest BCUT2D eigenvalue weighted by Gasteiger charge is 2.26. The van der Waals surface area contributed by atoms with Crippen molar-refractivity contribution >= 4 is 28.1 Å². The number of aromatic hydroxyl groups is 1. The number of phenols is 1. The number of hydrogen-bond acceptors (Lipinski definition) is 6. The number of anilines is 3. The number of rotatable bonds is 0. The van der Waals surface area contributed by atoms with E-state index in [-0.39, 0.29) is 28.1 Å². The van der Waals surface area contributed by atoms with Crippen LogP contribution in [0.15, 0.2) is 12.4 Å². The topological polar surface area (TPSA) is 152 Å². The molecule has 0 saturated carbocycles. The smallest absolute Gasteiger partial charge is 0.336 e. The minimum Gasteiger partial charge on any atom is -0.618 e. The normalized spacial score (nSPS) is 10.8. The van der Waals surface area contributed by atoms with Crippen molar-refractivity contribution in [3.8, 4) is 5.75 Å². The van der Waals surface area contributed by atoms with Crippen molar-refractivity contribution < 1.29 is 14.6 Å². The standard InChI is InChI=1S/C8H9N5O3/c9-3-4(10)6-7(8(14)5(3)11)13(16)2-1-12(6)15/h1-2,14H,9-11H2. The Balaban J connectivity index is 3.14. The third-order valence-electron chi connectivity index (χ3n) is 2.32. The van der Waals surface area contributed by atoms with Crippen LogP contribution in [0.5, 0.6) is 5.75 Å². The Kier molecular flexibility index (Phi) is 1.81. The number of benzene rings is 1. The Labute approximate surface area is 89.3 Å². The van der Waals surface area contributed by atoms with E-state index in [4.69, 9.17) is 17.2 Å². The highest BCUT2D eigenvalue weighted by molar-refractivity contribution is 6.01. The number of fused-ring (bicyclic) bond motifs is 1. The van der Waals surface area contributed by atoms with E-state index in [2.05, 4.69) is 0 Å². The van der Waals surface area contributed by atoms with Gasteiger partial charge in [0.2, 0.25) is 18.1 Å². The number of nitrogens with zero attached hydrogens (tertiary/aromatic N) is 2. The highest BCUT2D eigenvalue weighted by Crippen LogP contribution is 2.37. The second-order valence-corrected chi connectivity index (χ2v) is 3.24. The van der Waals surface area contributed by atoms with E-state index in [1.165, 1.54) is 0 Å². The van der Waals surface area contributed by atoms with Crippen LogP contribution in [0.25, 0.3) is 11.0 Å². The van der Waals surface area contributed by atoms with Crippen LogP contribution in [0.1, 0.15) is 0 Å². The molecule has 7 N–H and O–H groups in total. The van der Waals surface area contributed by atoms with Crippen LogP contribution in [0.2, 0.25) is 0 Å². The number of aromatic nitrogens is 2. The fraction of sp³-hybridized carbons (Fsp3) is 0. The van der Waals surface area contributed by atoms with Crippen LogP contribution in [0.3, 0.4) is 0 Å². The Hall–Kier alpha value is -2.64. The van der Waals surface area contributed by atoms with Crippen LogP contribution < -0.4 is 26.7 Å². The average molecular weight is 223 g/mol. The molecule has 0 aliphatic carbocycles. The number of nitrogens with two attached hydrogens (primary N) is 3.